The first-order valence-electron chi connectivity index (χ1n) is 8.63. The van der Waals surface area contributed by atoms with Crippen molar-refractivity contribution >= 4 is 11.8 Å². The van der Waals surface area contributed by atoms with E-state index in [9.17, 15) is 9.59 Å². The average Bonchev–Trinajstić information content (AvgIpc) is 2.57. The fourth-order valence-corrected chi connectivity index (χ4v) is 2.76. The van der Waals surface area contributed by atoms with Crippen molar-refractivity contribution in [2.24, 2.45) is 5.73 Å². The van der Waals surface area contributed by atoms with Gasteiger partial charge in [-0.2, -0.15) is 0 Å². The van der Waals surface area contributed by atoms with Crippen LogP contribution in [0, 0.1) is 0 Å². The lowest BCUT2D eigenvalue weighted by molar-refractivity contribution is -0.119. The van der Waals surface area contributed by atoms with Gasteiger partial charge in [0.1, 0.15) is 5.75 Å². The van der Waals surface area contributed by atoms with Crippen molar-refractivity contribution in [3.63, 3.8) is 0 Å². The Hall–Kier alpha value is -2.08. The Morgan fingerprint density at radius 3 is 2.50 bits per heavy atom. The highest BCUT2D eigenvalue weighted by Gasteiger charge is 2.21. The van der Waals surface area contributed by atoms with Crippen LogP contribution in [0.25, 0.3) is 0 Å². The minimum Gasteiger partial charge on any atom is -0.494 e. The van der Waals surface area contributed by atoms with Crippen molar-refractivity contribution in [3.8, 4) is 5.75 Å². The average molecular weight is 333 g/mol. The second-order valence-electron chi connectivity index (χ2n) is 6.22. The van der Waals surface area contributed by atoms with Gasteiger partial charge < -0.3 is 15.8 Å². The zero-order chi connectivity index (χ0) is 17.4. The molecule has 0 radical (unpaired) electrons. The van der Waals surface area contributed by atoms with Crippen LogP contribution in [0.15, 0.2) is 24.3 Å². The molecular formula is C18H27N3O3. The summed E-state index contributed by atoms with van der Waals surface area (Å²) in [6, 6.07) is 7.39. The Balaban J connectivity index is 1.77. The van der Waals surface area contributed by atoms with Crippen molar-refractivity contribution in [3.05, 3.63) is 29.8 Å². The second kappa shape index (κ2) is 9.27. The van der Waals surface area contributed by atoms with Gasteiger partial charge in [-0.3, -0.25) is 14.5 Å². The van der Waals surface area contributed by atoms with Gasteiger partial charge >= 0.3 is 0 Å². The molecular weight excluding hydrogens is 306 g/mol. The van der Waals surface area contributed by atoms with Gasteiger partial charge in [0.25, 0.3) is 5.91 Å². The number of carbonyl (C=O) groups is 2. The predicted octanol–water partition coefficient (Wildman–Crippen LogP) is 1.55. The van der Waals surface area contributed by atoms with Gasteiger partial charge in [-0.05, 0) is 43.5 Å². The Bertz CT molecular complexity index is 537. The maximum absolute atomic E-state index is 12.3. The molecule has 24 heavy (non-hydrogen) atoms. The molecule has 2 rings (SSSR count). The molecule has 1 aliphatic heterocycles. The second-order valence-corrected chi connectivity index (χ2v) is 6.22. The van der Waals surface area contributed by atoms with Crippen LogP contribution in [0.2, 0.25) is 0 Å². The highest BCUT2D eigenvalue weighted by Crippen LogP contribution is 2.14. The first-order chi connectivity index (χ1) is 11.6. The number of ether oxygens (including phenoxy) is 1. The topological polar surface area (TPSA) is 84.7 Å². The zero-order valence-corrected chi connectivity index (χ0v) is 14.3. The lowest BCUT2D eigenvalue weighted by Crippen LogP contribution is -2.46. The number of nitrogens with zero attached hydrogens (tertiary/aromatic N) is 1. The highest BCUT2D eigenvalue weighted by atomic mass is 16.5. The van der Waals surface area contributed by atoms with Gasteiger partial charge in [0.05, 0.1) is 13.2 Å². The summed E-state index contributed by atoms with van der Waals surface area (Å²) in [5.41, 5.74) is 5.84. The van der Waals surface area contributed by atoms with E-state index in [1.165, 1.54) is 0 Å². The quantitative estimate of drug-likeness (QED) is 0.707. The summed E-state index contributed by atoms with van der Waals surface area (Å²) >= 11 is 0. The summed E-state index contributed by atoms with van der Waals surface area (Å²) < 4.78 is 5.60. The third-order valence-corrected chi connectivity index (χ3v) is 4.19. The third-order valence-electron chi connectivity index (χ3n) is 4.19. The summed E-state index contributed by atoms with van der Waals surface area (Å²) in [4.78, 5) is 25.2. The maximum atomic E-state index is 12.3. The van der Waals surface area contributed by atoms with E-state index >= 15 is 0 Å². The fraction of sp³-hybridized carbons (Fsp3) is 0.556. The molecule has 1 aromatic carbocycles. The van der Waals surface area contributed by atoms with Gasteiger partial charge in [-0.1, -0.05) is 13.3 Å². The first kappa shape index (κ1) is 18.3. The van der Waals surface area contributed by atoms with E-state index in [1.807, 2.05) is 17.0 Å². The van der Waals surface area contributed by atoms with Gasteiger partial charge in [0.2, 0.25) is 5.91 Å². The molecule has 0 atom stereocenters. The van der Waals surface area contributed by atoms with Crippen LogP contribution in [0.1, 0.15) is 43.0 Å². The minimum atomic E-state index is -0.307. The van der Waals surface area contributed by atoms with E-state index in [0.29, 0.717) is 18.7 Å². The van der Waals surface area contributed by atoms with E-state index in [0.717, 1.165) is 44.5 Å². The molecule has 3 N–H and O–H groups in total. The Labute approximate surface area is 143 Å². The number of piperidine rings is 1. The van der Waals surface area contributed by atoms with Crippen molar-refractivity contribution < 1.29 is 14.3 Å². The normalized spacial score (nSPS) is 15.9. The van der Waals surface area contributed by atoms with E-state index in [-0.39, 0.29) is 17.9 Å². The van der Waals surface area contributed by atoms with Gasteiger partial charge in [0, 0.05) is 24.7 Å². The number of nitrogens with two attached hydrogens (primary N) is 1. The molecule has 1 aromatic rings. The number of likely N-dealkylation sites (tertiary alicyclic amines) is 1. The predicted molar refractivity (Wildman–Crippen MR) is 93.0 cm³/mol. The molecule has 1 aliphatic rings. The molecule has 0 aromatic heterocycles. The molecule has 1 saturated heterocycles. The first-order valence-corrected chi connectivity index (χ1v) is 8.63. The van der Waals surface area contributed by atoms with Crippen molar-refractivity contribution in [2.75, 3.05) is 26.2 Å². The fourth-order valence-electron chi connectivity index (χ4n) is 2.76. The SMILES string of the molecule is CCCCOc1ccc(C(=O)NC2CCN(CC(N)=O)CC2)cc1. The highest BCUT2D eigenvalue weighted by molar-refractivity contribution is 5.94. The molecule has 0 spiro atoms. The number of rotatable bonds is 8. The number of carbonyl (C=O) groups excluding carboxylic acids is 2. The van der Waals surface area contributed by atoms with Crippen molar-refractivity contribution in [1.29, 1.82) is 0 Å². The van der Waals surface area contributed by atoms with Crippen molar-refractivity contribution in [2.45, 2.75) is 38.6 Å². The van der Waals surface area contributed by atoms with Gasteiger partial charge in [-0.25, -0.2) is 0 Å². The third kappa shape index (κ3) is 5.85. The number of nitrogens with one attached hydrogen (secondary N) is 1. The number of benzene rings is 1. The standard InChI is InChI=1S/C18H27N3O3/c1-2-3-12-24-16-6-4-14(5-7-16)18(23)20-15-8-10-21(11-9-15)13-17(19)22/h4-7,15H,2-3,8-13H2,1H3,(H2,19,22)(H,20,23). The maximum Gasteiger partial charge on any atom is 0.251 e. The smallest absolute Gasteiger partial charge is 0.251 e. The summed E-state index contributed by atoms with van der Waals surface area (Å²) in [6.07, 6.45) is 3.78. The van der Waals surface area contributed by atoms with Crippen LogP contribution in [0.3, 0.4) is 0 Å². The lowest BCUT2D eigenvalue weighted by Gasteiger charge is -2.31. The summed E-state index contributed by atoms with van der Waals surface area (Å²) in [5.74, 6) is 0.418. The van der Waals surface area contributed by atoms with E-state index in [4.69, 9.17) is 10.5 Å². The van der Waals surface area contributed by atoms with Crippen LogP contribution in [0.4, 0.5) is 0 Å². The summed E-state index contributed by atoms with van der Waals surface area (Å²) in [7, 11) is 0. The molecule has 0 aliphatic carbocycles. The van der Waals surface area contributed by atoms with E-state index < -0.39 is 0 Å². The monoisotopic (exact) mass is 333 g/mol. The molecule has 0 unspecified atom stereocenters. The Morgan fingerprint density at radius 1 is 1.25 bits per heavy atom. The molecule has 132 valence electrons. The van der Waals surface area contributed by atoms with E-state index in [1.54, 1.807) is 12.1 Å². The Morgan fingerprint density at radius 2 is 1.92 bits per heavy atom. The number of hydrogen-bond acceptors (Lipinski definition) is 4. The van der Waals surface area contributed by atoms with Crippen LogP contribution in [-0.2, 0) is 4.79 Å². The molecule has 2 amide bonds. The molecule has 1 fully saturated rings. The van der Waals surface area contributed by atoms with E-state index in [2.05, 4.69) is 12.2 Å². The van der Waals surface area contributed by atoms with Crippen LogP contribution < -0.4 is 15.8 Å². The zero-order valence-electron chi connectivity index (χ0n) is 14.3. The molecule has 1 heterocycles. The van der Waals surface area contributed by atoms with Crippen LogP contribution in [0.5, 0.6) is 5.75 Å². The van der Waals surface area contributed by atoms with Crippen LogP contribution >= 0.6 is 0 Å². The van der Waals surface area contributed by atoms with Gasteiger partial charge in [0.15, 0.2) is 0 Å². The largest absolute Gasteiger partial charge is 0.494 e. The van der Waals surface area contributed by atoms with Crippen LogP contribution in [-0.4, -0.2) is 49.0 Å². The Kier molecular flexibility index (Phi) is 7.06. The molecule has 6 nitrogen and oxygen atoms in total. The number of unbranched alkanes of at least 4 members (excludes halogenated alkanes) is 1. The summed E-state index contributed by atoms with van der Waals surface area (Å²) in [5, 5.41) is 3.06. The van der Waals surface area contributed by atoms with Crippen molar-refractivity contribution in [1.82, 2.24) is 10.2 Å². The summed E-state index contributed by atoms with van der Waals surface area (Å²) in [6.45, 7) is 4.66. The minimum absolute atomic E-state index is 0.0662. The molecule has 6 heteroatoms. The number of amides is 2. The number of primary amides is 1. The molecule has 0 bridgehead atoms. The van der Waals surface area contributed by atoms with Gasteiger partial charge in [-0.15, -0.1) is 0 Å². The lowest BCUT2D eigenvalue weighted by atomic mass is 10.0. The molecule has 0 saturated carbocycles. The number of hydrogen-bond donors (Lipinski definition) is 2.